The smallest absolute Gasteiger partial charge is 0.306 e. The summed E-state index contributed by atoms with van der Waals surface area (Å²) in [6.45, 7) is 0.863. The summed E-state index contributed by atoms with van der Waals surface area (Å²) in [6.07, 6.45) is -1.44. The van der Waals surface area contributed by atoms with Gasteiger partial charge in [0, 0.05) is 18.9 Å². The van der Waals surface area contributed by atoms with Gasteiger partial charge in [0.15, 0.2) is 5.11 Å². The molecule has 0 aromatic rings. The lowest BCUT2D eigenvalue weighted by Gasteiger charge is -2.46. The summed E-state index contributed by atoms with van der Waals surface area (Å²) in [7, 11) is 0. The molecule has 0 bridgehead atoms. The zero-order valence-electron chi connectivity index (χ0n) is 16.4. The number of ether oxygens (including phenoxy) is 2. The average molecular weight is 446 g/mol. The highest BCUT2D eigenvalue weighted by atomic mass is 32.1. The lowest BCUT2D eigenvalue weighted by Crippen LogP contribution is -2.61. The molecule has 30 heavy (non-hydrogen) atoms. The number of carboxylic acids is 3. The Kier molecular flexibility index (Phi) is 8.35. The first-order valence-electron chi connectivity index (χ1n) is 9.58. The third-order valence-electron chi connectivity index (χ3n) is 5.10. The van der Waals surface area contributed by atoms with Crippen LogP contribution in [0.15, 0.2) is 0 Å². The highest BCUT2D eigenvalue weighted by Gasteiger charge is 2.48. The second-order valence-corrected chi connectivity index (χ2v) is 7.96. The summed E-state index contributed by atoms with van der Waals surface area (Å²) in [5.41, 5.74) is 0. The van der Waals surface area contributed by atoms with E-state index >= 15 is 0 Å². The third-order valence-corrected chi connectivity index (χ3v) is 5.33. The topological polar surface area (TPSA) is 171 Å². The van der Waals surface area contributed by atoms with Gasteiger partial charge in [-0.15, -0.1) is 0 Å². The van der Waals surface area contributed by atoms with Crippen LogP contribution in [0.1, 0.15) is 39.0 Å². The van der Waals surface area contributed by atoms with E-state index in [1.54, 1.807) is 0 Å². The monoisotopic (exact) mass is 446 g/mol. The van der Waals surface area contributed by atoms with Gasteiger partial charge < -0.3 is 35.4 Å². The molecule has 1 aliphatic carbocycles. The summed E-state index contributed by atoms with van der Waals surface area (Å²) in [5.74, 6) is -5.82. The van der Waals surface area contributed by atoms with E-state index in [9.17, 15) is 34.5 Å². The number of hydrogen-bond acceptors (Lipinski definition) is 7. The number of nitrogens with one attached hydrogen (secondary N) is 2. The van der Waals surface area contributed by atoms with Crippen molar-refractivity contribution < 1.29 is 44.0 Å². The first kappa shape index (κ1) is 23.8. The molecule has 0 aromatic carbocycles. The maximum atomic E-state index is 11.6. The molecule has 11 nitrogen and oxygen atoms in total. The lowest BCUT2D eigenvalue weighted by molar-refractivity contribution is -0.179. The van der Waals surface area contributed by atoms with Gasteiger partial charge in [0.1, 0.15) is 6.61 Å². The first-order valence-corrected chi connectivity index (χ1v) is 9.98. The SMILES string of the molecule is CC(=O)OC[C@@H]1O[C@@H](CC(=O)O)[C@H](NC(=S)NC2CC2)[C@H](CC(=O)O)[C@@H]1CC(=O)O. The Hall–Kier alpha value is -2.47. The molecule has 12 heteroatoms. The number of aliphatic carboxylic acids is 3. The minimum Gasteiger partial charge on any atom is -0.481 e. The highest BCUT2D eigenvalue weighted by Crippen LogP contribution is 2.37. The van der Waals surface area contributed by atoms with Crippen LogP contribution in [0.5, 0.6) is 0 Å². The number of rotatable bonds is 10. The van der Waals surface area contributed by atoms with Gasteiger partial charge in [0.25, 0.3) is 0 Å². The largest absolute Gasteiger partial charge is 0.481 e. The van der Waals surface area contributed by atoms with Crippen LogP contribution < -0.4 is 10.6 Å². The summed E-state index contributed by atoms with van der Waals surface area (Å²) < 4.78 is 10.8. The molecular formula is C18H26N2O9S. The van der Waals surface area contributed by atoms with E-state index in [4.69, 9.17) is 21.7 Å². The average Bonchev–Trinajstić information content (AvgIpc) is 3.41. The Morgan fingerprint density at radius 1 is 0.933 bits per heavy atom. The molecule has 1 saturated carbocycles. The third kappa shape index (κ3) is 7.41. The van der Waals surface area contributed by atoms with Crippen LogP contribution in [0.2, 0.25) is 0 Å². The predicted octanol–water partition coefficient (Wildman–Crippen LogP) is -0.0315. The van der Waals surface area contributed by atoms with Crippen LogP contribution >= 0.6 is 12.2 Å². The Labute approximate surface area is 178 Å². The lowest BCUT2D eigenvalue weighted by atomic mass is 9.73. The summed E-state index contributed by atoms with van der Waals surface area (Å²) in [4.78, 5) is 45.6. The summed E-state index contributed by atoms with van der Waals surface area (Å²) >= 11 is 5.27. The molecule has 1 heterocycles. The van der Waals surface area contributed by atoms with Gasteiger partial charge in [0.2, 0.25) is 0 Å². The predicted molar refractivity (Wildman–Crippen MR) is 105 cm³/mol. The fourth-order valence-corrected chi connectivity index (χ4v) is 4.01. The minimum absolute atomic E-state index is 0.205. The fourth-order valence-electron chi connectivity index (χ4n) is 3.71. The van der Waals surface area contributed by atoms with Crippen LogP contribution in [0.4, 0.5) is 0 Å². The van der Waals surface area contributed by atoms with Gasteiger partial charge in [-0.1, -0.05) is 0 Å². The molecule has 2 rings (SSSR count). The molecule has 5 N–H and O–H groups in total. The zero-order chi connectivity index (χ0) is 22.4. The first-order chi connectivity index (χ1) is 14.1. The Morgan fingerprint density at radius 3 is 2.00 bits per heavy atom. The Balaban J connectivity index is 2.33. The highest BCUT2D eigenvalue weighted by molar-refractivity contribution is 7.80. The molecule has 2 aliphatic rings. The zero-order valence-corrected chi connectivity index (χ0v) is 17.2. The van der Waals surface area contributed by atoms with E-state index in [2.05, 4.69) is 10.6 Å². The van der Waals surface area contributed by atoms with Gasteiger partial charge in [-0.05, 0) is 31.0 Å². The molecule has 1 saturated heterocycles. The van der Waals surface area contributed by atoms with Crippen molar-refractivity contribution >= 4 is 41.2 Å². The molecule has 0 spiro atoms. The van der Waals surface area contributed by atoms with Crippen molar-refractivity contribution in [2.75, 3.05) is 6.61 Å². The molecule has 5 atom stereocenters. The number of thiocarbonyl (C=S) groups is 1. The van der Waals surface area contributed by atoms with E-state index < -0.39 is 73.2 Å². The quantitative estimate of drug-likeness (QED) is 0.224. The number of carboxylic acid groups (broad SMARTS) is 3. The van der Waals surface area contributed by atoms with Gasteiger partial charge in [0.05, 0.1) is 37.5 Å². The van der Waals surface area contributed by atoms with Crippen LogP contribution in [-0.2, 0) is 28.7 Å². The van der Waals surface area contributed by atoms with Crippen molar-refractivity contribution in [1.29, 1.82) is 0 Å². The van der Waals surface area contributed by atoms with Crippen molar-refractivity contribution in [1.82, 2.24) is 10.6 Å². The standard InChI is InChI=1S/C18H26N2O9S/c1-8(21)28-7-13-10(4-14(22)23)11(5-15(24)25)17(12(29-13)6-16(26)27)20-18(30)19-9-2-3-9/h9-13,17H,2-7H2,1H3,(H,22,23)(H,24,25)(H,26,27)(H2,19,20,30)/t10-,11+,12-,13-,17+/m0/s1. The number of esters is 1. The minimum atomic E-state index is -1.18. The summed E-state index contributed by atoms with van der Waals surface area (Å²) in [5, 5.41) is 34.3. The van der Waals surface area contributed by atoms with E-state index in [-0.39, 0.29) is 17.8 Å². The molecule has 2 fully saturated rings. The maximum absolute atomic E-state index is 11.6. The maximum Gasteiger partial charge on any atom is 0.306 e. The van der Waals surface area contributed by atoms with Crippen molar-refractivity contribution in [3.05, 3.63) is 0 Å². The summed E-state index contributed by atoms with van der Waals surface area (Å²) in [6, 6.07) is -0.647. The van der Waals surface area contributed by atoms with Gasteiger partial charge >= 0.3 is 23.9 Å². The second kappa shape index (κ2) is 10.5. The molecule has 0 amide bonds. The van der Waals surface area contributed by atoms with E-state index in [0.717, 1.165) is 12.8 Å². The van der Waals surface area contributed by atoms with Crippen molar-refractivity contribution in [2.24, 2.45) is 11.8 Å². The number of carbonyl (C=O) groups is 4. The van der Waals surface area contributed by atoms with Gasteiger partial charge in [-0.25, -0.2) is 0 Å². The van der Waals surface area contributed by atoms with Crippen molar-refractivity contribution in [2.45, 2.75) is 63.3 Å². The molecular weight excluding hydrogens is 420 g/mol. The van der Waals surface area contributed by atoms with E-state index in [1.165, 1.54) is 6.92 Å². The number of carbonyl (C=O) groups excluding carboxylic acids is 1. The van der Waals surface area contributed by atoms with Gasteiger partial charge in [-0.3, -0.25) is 19.2 Å². The second-order valence-electron chi connectivity index (χ2n) is 7.55. The van der Waals surface area contributed by atoms with Gasteiger partial charge in [-0.2, -0.15) is 0 Å². The number of hydrogen-bond donors (Lipinski definition) is 5. The van der Waals surface area contributed by atoms with Crippen LogP contribution in [0.3, 0.4) is 0 Å². The molecule has 0 radical (unpaired) electrons. The van der Waals surface area contributed by atoms with E-state index in [1.807, 2.05) is 0 Å². The molecule has 1 aliphatic heterocycles. The molecule has 0 aromatic heterocycles. The fraction of sp³-hybridized carbons (Fsp3) is 0.722. The van der Waals surface area contributed by atoms with E-state index in [0.29, 0.717) is 0 Å². The van der Waals surface area contributed by atoms with Crippen molar-refractivity contribution in [3.8, 4) is 0 Å². The Bertz CT molecular complexity index is 697. The molecule has 0 unspecified atom stereocenters. The van der Waals surface area contributed by atoms with Crippen LogP contribution in [-0.4, -0.2) is 75.2 Å². The van der Waals surface area contributed by atoms with Crippen LogP contribution in [0.25, 0.3) is 0 Å². The normalized spacial score (nSPS) is 28.2. The Morgan fingerprint density at radius 2 is 1.50 bits per heavy atom. The van der Waals surface area contributed by atoms with Crippen molar-refractivity contribution in [3.63, 3.8) is 0 Å². The van der Waals surface area contributed by atoms with Crippen LogP contribution in [0, 0.1) is 11.8 Å². The molecule has 168 valence electrons.